The third kappa shape index (κ3) is 2.13. The first-order valence-corrected chi connectivity index (χ1v) is 7.17. The highest BCUT2D eigenvalue weighted by Crippen LogP contribution is 2.44. The van der Waals surface area contributed by atoms with Crippen LogP contribution in [0.25, 0.3) is 0 Å². The average molecular weight is 299 g/mol. The van der Waals surface area contributed by atoms with E-state index >= 15 is 0 Å². The Bertz CT molecular complexity index is 613. The van der Waals surface area contributed by atoms with Gasteiger partial charge >= 0.3 is 0 Å². The van der Waals surface area contributed by atoms with E-state index in [4.69, 9.17) is 23.2 Å². The highest BCUT2D eigenvalue weighted by atomic mass is 35.5. The van der Waals surface area contributed by atoms with Crippen LogP contribution in [0.2, 0.25) is 5.02 Å². The molecule has 0 aromatic heterocycles. The van der Waals surface area contributed by atoms with Crippen molar-refractivity contribution in [3.8, 4) is 0 Å². The number of benzene rings is 2. The summed E-state index contributed by atoms with van der Waals surface area (Å²) in [6.07, 6.45) is 0.625. The lowest BCUT2D eigenvalue weighted by molar-refractivity contribution is 0.622. The maximum Gasteiger partial charge on any atom is 0.123 e. The van der Waals surface area contributed by atoms with Gasteiger partial charge in [0.2, 0.25) is 0 Å². The van der Waals surface area contributed by atoms with Gasteiger partial charge in [-0.1, -0.05) is 29.4 Å². The molecular weight excluding hydrogens is 290 g/mol. The second kappa shape index (κ2) is 4.76. The van der Waals surface area contributed by atoms with Crippen molar-refractivity contribution >= 4 is 35.0 Å². The van der Waals surface area contributed by atoms with Gasteiger partial charge in [-0.05, 0) is 47.9 Å². The zero-order valence-corrected chi connectivity index (χ0v) is 11.6. The molecule has 0 N–H and O–H groups in total. The highest BCUT2D eigenvalue weighted by molar-refractivity contribution is 7.99. The maximum atomic E-state index is 13.3. The fourth-order valence-corrected chi connectivity index (χ4v) is 3.96. The third-order valence-corrected chi connectivity index (χ3v) is 4.93. The summed E-state index contributed by atoms with van der Waals surface area (Å²) < 4.78 is 13.3. The van der Waals surface area contributed by atoms with Crippen molar-refractivity contribution < 1.29 is 4.39 Å². The molecule has 0 bridgehead atoms. The smallest absolute Gasteiger partial charge is 0.123 e. The molecule has 2 aromatic carbocycles. The maximum absolute atomic E-state index is 13.3. The molecule has 0 nitrogen and oxygen atoms in total. The van der Waals surface area contributed by atoms with Crippen LogP contribution in [-0.2, 0) is 6.42 Å². The summed E-state index contributed by atoms with van der Waals surface area (Å²) in [6, 6.07) is 10.6. The van der Waals surface area contributed by atoms with E-state index in [9.17, 15) is 4.39 Å². The van der Waals surface area contributed by atoms with E-state index in [-0.39, 0.29) is 11.2 Å². The Morgan fingerprint density at radius 2 is 2.00 bits per heavy atom. The van der Waals surface area contributed by atoms with Crippen molar-refractivity contribution in [3.05, 3.63) is 58.4 Å². The summed E-state index contributed by atoms with van der Waals surface area (Å²) in [5, 5.41) is 0.475. The normalized spacial score (nSPS) is 17.8. The minimum atomic E-state index is -0.253. The van der Waals surface area contributed by atoms with Gasteiger partial charge in [-0.25, -0.2) is 4.39 Å². The highest BCUT2D eigenvalue weighted by Gasteiger charge is 2.22. The van der Waals surface area contributed by atoms with Gasteiger partial charge in [-0.15, -0.1) is 11.6 Å². The van der Waals surface area contributed by atoms with Crippen molar-refractivity contribution in [3.63, 3.8) is 0 Å². The lowest BCUT2D eigenvalue weighted by atomic mass is 10.0. The van der Waals surface area contributed by atoms with Crippen molar-refractivity contribution in [2.45, 2.75) is 21.6 Å². The summed E-state index contributed by atoms with van der Waals surface area (Å²) in [5.41, 5.74) is 1.88. The van der Waals surface area contributed by atoms with E-state index in [1.54, 1.807) is 17.8 Å². The monoisotopic (exact) mass is 298 g/mol. The van der Waals surface area contributed by atoms with Crippen molar-refractivity contribution in [1.29, 1.82) is 0 Å². The summed E-state index contributed by atoms with van der Waals surface area (Å²) >= 11 is 14.2. The van der Waals surface area contributed by atoms with E-state index in [0.717, 1.165) is 25.9 Å². The molecular formula is C14H9Cl2FS. The van der Waals surface area contributed by atoms with Gasteiger partial charge in [0.25, 0.3) is 0 Å². The molecule has 1 heterocycles. The van der Waals surface area contributed by atoms with Crippen molar-refractivity contribution in [1.82, 2.24) is 0 Å². The number of halogens is 3. The molecule has 1 atom stereocenters. The van der Waals surface area contributed by atoms with Crippen LogP contribution < -0.4 is 0 Å². The topological polar surface area (TPSA) is 0 Å². The quantitative estimate of drug-likeness (QED) is 0.581. The first kappa shape index (κ1) is 12.3. The molecule has 2 aromatic rings. The minimum Gasteiger partial charge on any atom is -0.207 e. The van der Waals surface area contributed by atoms with E-state index in [2.05, 4.69) is 0 Å². The zero-order valence-electron chi connectivity index (χ0n) is 9.29. The first-order valence-electron chi connectivity index (χ1n) is 5.54. The summed E-state index contributed by atoms with van der Waals surface area (Å²) in [6.45, 7) is 0. The minimum absolute atomic E-state index is 0.246. The molecule has 0 aliphatic carbocycles. The Morgan fingerprint density at radius 1 is 1.17 bits per heavy atom. The van der Waals surface area contributed by atoms with E-state index < -0.39 is 0 Å². The zero-order chi connectivity index (χ0) is 12.7. The molecule has 0 saturated heterocycles. The van der Waals surface area contributed by atoms with Crippen LogP contribution in [0.1, 0.15) is 16.5 Å². The fourth-order valence-electron chi connectivity index (χ4n) is 2.10. The van der Waals surface area contributed by atoms with Gasteiger partial charge in [-0.2, -0.15) is 0 Å². The van der Waals surface area contributed by atoms with E-state index in [0.29, 0.717) is 6.42 Å². The second-order valence-electron chi connectivity index (χ2n) is 4.17. The molecule has 0 amide bonds. The predicted octanol–water partition coefficient (Wildman–Crippen LogP) is 5.47. The van der Waals surface area contributed by atoms with Crippen molar-refractivity contribution in [2.24, 2.45) is 0 Å². The molecule has 0 fully saturated rings. The molecule has 1 unspecified atom stereocenters. The Kier molecular flexibility index (Phi) is 3.27. The van der Waals surface area contributed by atoms with E-state index in [1.807, 2.05) is 18.2 Å². The van der Waals surface area contributed by atoms with Gasteiger partial charge in [0, 0.05) is 14.8 Å². The molecule has 0 saturated carbocycles. The number of hydrogen-bond acceptors (Lipinski definition) is 1. The SMILES string of the molecule is Fc1ccc2c(c1)C(Cl)Cc1c(Cl)cccc1S2. The predicted molar refractivity (Wildman–Crippen MR) is 74.3 cm³/mol. The Hall–Kier alpha value is -0.700. The number of fused-ring (bicyclic) bond motifs is 2. The number of hydrogen-bond donors (Lipinski definition) is 0. The largest absolute Gasteiger partial charge is 0.207 e. The van der Waals surface area contributed by atoms with Gasteiger partial charge < -0.3 is 0 Å². The third-order valence-electron chi connectivity index (χ3n) is 2.99. The lowest BCUT2D eigenvalue weighted by Gasteiger charge is -2.10. The number of alkyl halides is 1. The van der Waals surface area contributed by atoms with Gasteiger partial charge in [0.05, 0.1) is 5.38 Å². The van der Waals surface area contributed by atoms with Crippen LogP contribution in [0.5, 0.6) is 0 Å². The van der Waals surface area contributed by atoms with Crippen LogP contribution in [0.3, 0.4) is 0 Å². The molecule has 4 heteroatoms. The Balaban J connectivity index is 2.16. The summed E-state index contributed by atoms with van der Waals surface area (Å²) in [5.74, 6) is -0.253. The molecule has 0 spiro atoms. The van der Waals surface area contributed by atoms with Crippen molar-refractivity contribution in [2.75, 3.05) is 0 Å². The van der Waals surface area contributed by atoms with E-state index in [1.165, 1.54) is 12.1 Å². The van der Waals surface area contributed by atoms with Gasteiger partial charge in [0.1, 0.15) is 5.82 Å². The van der Waals surface area contributed by atoms with Crippen LogP contribution in [0, 0.1) is 5.82 Å². The molecule has 18 heavy (non-hydrogen) atoms. The van der Waals surface area contributed by atoms with Crippen LogP contribution in [-0.4, -0.2) is 0 Å². The molecule has 0 radical (unpaired) electrons. The standard InChI is InChI=1S/C14H9Cl2FS/c15-11-2-1-3-13-10(11)7-12(16)9-6-8(17)4-5-14(9)18-13/h1-6,12H,7H2. The first-order chi connectivity index (χ1) is 8.65. The molecule has 92 valence electrons. The molecule has 3 rings (SSSR count). The second-order valence-corrected chi connectivity index (χ2v) is 6.19. The number of rotatable bonds is 0. The molecule has 1 aliphatic heterocycles. The Morgan fingerprint density at radius 3 is 2.83 bits per heavy atom. The van der Waals surface area contributed by atoms with Gasteiger partial charge in [-0.3, -0.25) is 0 Å². The lowest BCUT2D eigenvalue weighted by Crippen LogP contribution is -1.97. The average Bonchev–Trinajstić information content (AvgIpc) is 2.48. The summed E-state index contributed by atoms with van der Waals surface area (Å²) in [7, 11) is 0. The van der Waals surface area contributed by atoms with Crippen LogP contribution >= 0.6 is 35.0 Å². The summed E-state index contributed by atoms with van der Waals surface area (Å²) in [4.78, 5) is 2.09. The molecule has 1 aliphatic rings. The van der Waals surface area contributed by atoms with Crippen LogP contribution in [0.4, 0.5) is 4.39 Å². The fraction of sp³-hybridized carbons (Fsp3) is 0.143. The van der Waals surface area contributed by atoms with Gasteiger partial charge in [0.15, 0.2) is 0 Å². The Labute approximate surface area is 119 Å². The van der Waals surface area contributed by atoms with Crippen LogP contribution in [0.15, 0.2) is 46.2 Å².